The summed E-state index contributed by atoms with van der Waals surface area (Å²) in [5.41, 5.74) is -0.233. The maximum absolute atomic E-state index is 13.8. The molecule has 18 heavy (non-hydrogen) atoms. The smallest absolute Gasteiger partial charge is 0.221 e. The van der Waals surface area contributed by atoms with Gasteiger partial charge in [-0.05, 0) is 6.07 Å². The topological polar surface area (TPSA) is 56.1 Å². The lowest BCUT2D eigenvalue weighted by molar-refractivity contribution is -0.120. The lowest BCUT2D eigenvalue weighted by atomic mass is 10.1. The summed E-state index contributed by atoms with van der Waals surface area (Å²) in [6.07, 6.45) is 0.237. The number of rotatable bonds is 1. The largest absolute Gasteiger partial charge is 0.367 e. The van der Waals surface area contributed by atoms with Gasteiger partial charge in [0.15, 0.2) is 0 Å². The summed E-state index contributed by atoms with van der Waals surface area (Å²) in [7, 11) is 0. The Morgan fingerprint density at radius 2 is 2.06 bits per heavy atom. The first kappa shape index (κ1) is 12.3. The van der Waals surface area contributed by atoms with E-state index in [9.17, 15) is 13.6 Å². The third-order valence-corrected chi connectivity index (χ3v) is 2.81. The Hall–Kier alpha value is -2.16. The summed E-state index contributed by atoms with van der Waals surface area (Å²) in [6, 6.07) is 3.47. The van der Waals surface area contributed by atoms with E-state index in [4.69, 9.17) is 5.26 Å². The molecule has 1 amide bonds. The summed E-state index contributed by atoms with van der Waals surface area (Å²) in [5.74, 6) is -1.51. The first-order chi connectivity index (χ1) is 8.61. The Morgan fingerprint density at radius 1 is 1.28 bits per heavy atom. The second-order valence-corrected chi connectivity index (χ2v) is 3.98. The number of anilines is 1. The Labute approximate surface area is 103 Å². The summed E-state index contributed by atoms with van der Waals surface area (Å²) >= 11 is 0. The molecule has 0 saturated carbocycles. The monoisotopic (exact) mass is 251 g/mol. The standard InChI is InChI=1S/C12H11F2N3O/c13-9-6-11(10(14)5-8(9)7-15)17-3-1-12(18)16-2-4-17/h5-6H,1-4H2,(H,16,18). The minimum absolute atomic E-state index is 0.0861. The van der Waals surface area contributed by atoms with Crippen LogP contribution < -0.4 is 10.2 Å². The van der Waals surface area contributed by atoms with Crippen molar-refractivity contribution >= 4 is 11.6 Å². The maximum Gasteiger partial charge on any atom is 0.221 e. The van der Waals surface area contributed by atoms with Crippen LogP contribution in [0.25, 0.3) is 0 Å². The molecule has 1 aromatic rings. The zero-order chi connectivity index (χ0) is 13.1. The van der Waals surface area contributed by atoms with Crippen LogP contribution in [0.4, 0.5) is 14.5 Å². The van der Waals surface area contributed by atoms with Crippen molar-refractivity contribution in [3.63, 3.8) is 0 Å². The average molecular weight is 251 g/mol. The predicted octanol–water partition coefficient (Wildman–Crippen LogP) is 1.16. The fraction of sp³-hybridized carbons (Fsp3) is 0.333. The molecule has 0 atom stereocenters. The van der Waals surface area contributed by atoms with E-state index in [-0.39, 0.29) is 23.6 Å². The highest BCUT2D eigenvalue weighted by Crippen LogP contribution is 2.23. The van der Waals surface area contributed by atoms with Gasteiger partial charge < -0.3 is 10.2 Å². The molecular weight excluding hydrogens is 240 g/mol. The van der Waals surface area contributed by atoms with Gasteiger partial charge >= 0.3 is 0 Å². The molecule has 0 spiro atoms. The van der Waals surface area contributed by atoms with Crippen molar-refractivity contribution < 1.29 is 13.6 Å². The molecule has 1 N–H and O–H groups in total. The van der Waals surface area contributed by atoms with Crippen LogP contribution in [0, 0.1) is 23.0 Å². The zero-order valence-electron chi connectivity index (χ0n) is 9.54. The van der Waals surface area contributed by atoms with Crippen LogP contribution in [0.3, 0.4) is 0 Å². The Morgan fingerprint density at radius 3 is 2.78 bits per heavy atom. The molecule has 0 unspecified atom stereocenters. The lowest BCUT2D eigenvalue weighted by Crippen LogP contribution is -2.29. The van der Waals surface area contributed by atoms with Crippen LogP contribution in [0.2, 0.25) is 0 Å². The highest BCUT2D eigenvalue weighted by molar-refractivity contribution is 5.77. The number of amides is 1. The maximum atomic E-state index is 13.8. The summed E-state index contributed by atoms with van der Waals surface area (Å²) < 4.78 is 27.2. The van der Waals surface area contributed by atoms with Crippen molar-refractivity contribution in [3.05, 3.63) is 29.3 Å². The molecule has 0 bridgehead atoms. The van der Waals surface area contributed by atoms with Crippen LogP contribution >= 0.6 is 0 Å². The van der Waals surface area contributed by atoms with Crippen LogP contribution in [0.5, 0.6) is 0 Å². The molecule has 4 nitrogen and oxygen atoms in total. The quantitative estimate of drug-likeness (QED) is 0.815. The summed E-state index contributed by atoms with van der Waals surface area (Å²) in [4.78, 5) is 12.8. The number of hydrogen-bond donors (Lipinski definition) is 1. The van der Waals surface area contributed by atoms with Gasteiger partial charge in [0.1, 0.15) is 17.7 Å². The van der Waals surface area contributed by atoms with E-state index in [0.29, 0.717) is 19.6 Å². The van der Waals surface area contributed by atoms with Gasteiger partial charge in [0.25, 0.3) is 0 Å². The van der Waals surface area contributed by atoms with Gasteiger partial charge in [0.2, 0.25) is 5.91 Å². The summed E-state index contributed by atoms with van der Waals surface area (Å²) in [6.45, 7) is 1.13. The van der Waals surface area contributed by atoms with Crippen LogP contribution in [-0.2, 0) is 4.79 Å². The molecule has 1 fully saturated rings. The first-order valence-corrected chi connectivity index (χ1v) is 5.52. The SMILES string of the molecule is N#Cc1cc(F)c(N2CCNC(=O)CC2)cc1F. The molecule has 0 aliphatic carbocycles. The van der Waals surface area contributed by atoms with Gasteiger partial charge in [-0.1, -0.05) is 0 Å². The number of nitrogens with zero attached hydrogens (tertiary/aromatic N) is 2. The second-order valence-electron chi connectivity index (χ2n) is 3.98. The van der Waals surface area contributed by atoms with Crippen LogP contribution in [0.15, 0.2) is 12.1 Å². The van der Waals surface area contributed by atoms with Crippen molar-refractivity contribution in [1.82, 2.24) is 5.32 Å². The fourth-order valence-corrected chi connectivity index (χ4v) is 1.87. The number of halogens is 2. The number of nitrogens with one attached hydrogen (secondary N) is 1. The Kier molecular flexibility index (Phi) is 3.42. The molecule has 1 saturated heterocycles. The molecule has 6 heteroatoms. The molecule has 1 aromatic carbocycles. The first-order valence-electron chi connectivity index (χ1n) is 5.52. The van der Waals surface area contributed by atoms with Gasteiger partial charge in [-0.25, -0.2) is 8.78 Å². The van der Waals surface area contributed by atoms with E-state index >= 15 is 0 Å². The number of carbonyl (C=O) groups is 1. The van der Waals surface area contributed by atoms with Crippen molar-refractivity contribution in [3.8, 4) is 6.07 Å². The molecule has 1 aliphatic rings. The van der Waals surface area contributed by atoms with Gasteiger partial charge in [-0.3, -0.25) is 4.79 Å². The van der Waals surface area contributed by atoms with E-state index in [0.717, 1.165) is 12.1 Å². The van der Waals surface area contributed by atoms with Crippen LogP contribution in [-0.4, -0.2) is 25.5 Å². The van der Waals surface area contributed by atoms with Gasteiger partial charge in [0.05, 0.1) is 11.3 Å². The lowest BCUT2D eigenvalue weighted by Gasteiger charge is -2.22. The molecule has 1 aliphatic heterocycles. The van der Waals surface area contributed by atoms with E-state index in [1.54, 1.807) is 11.0 Å². The molecule has 2 rings (SSSR count). The van der Waals surface area contributed by atoms with E-state index in [2.05, 4.69) is 5.32 Å². The minimum atomic E-state index is -0.752. The van der Waals surface area contributed by atoms with Gasteiger partial charge in [-0.15, -0.1) is 0 Å². The third kappa shape index (κ3) is 2.40. The zero-order valence-corrected chi connectivity index (χ0v) is 9.54. The molecule has 1 heterocycles. The Bertz CT molecular complexity index is 525. The van der Waals surface area contributed by atoms with Crippen molar-refractivity contribution in [1.29, 1.82) is 5.26 Å². The van der Waals surface area contributed by atoms with Crippen molar-refractivity contribution in [2.75, 3.05) is 24.5 Å². The van der Waals surface area contributed by atoms with Crippen LogP contribution in [0.1, 0.15) is 12.0 Å². The average Bonchev–Trinajstić information content (AvgIpc) is 2.56. The molecule has 0 radical (unpaired) electrons. The van der Waals surface area contributed by atoms with E-state index in [1.807, 2.05) is 0 Å². The van der Waals surface area contributed by atoms with Crippen molar-refractivity contribution in [2.24, 2.45) is 0 Å². The number of benzene rings is 1. The third-order valence-electron chi connectivity index (χ3n) is 2.81. The van der Waals surface area contributed by atoms with Gasteiger partial charge in [0, 0.05) is 32.1 Å². The minimum Gasteiger partial charge on any atom is -0.367 e. The van der Waals surface area contributed by atoms with Gasteiger partial charge in [-0.2, -0.15) is 5.26 Å². The fourth-order valence-electron chi connectivity index (χ4n) is 1.87. The van der Waals surface area contributed by atoms with E-state index in [1.165, 1.54) is 0 Å². The molecule has 0 aromatic heterocycles. The van der Waals surface area contributed by atoms with Crippen molar-refractivity contribution in [2.45, 2.75) is 6.42 Å². The summed E-state index contributed by atoms with van der Waals surface area (Å²) in [5, 5.41) is 11.3. The van der Waals surface area contributed by atoms with E-state index < -0.39 is 11.6 Å². The number of hydrogen-bond acceptors (Lipinski definition) is 3. The highest BCUT2D eigenvalue weighted by Gasteiger charge is 2.18. The number of carbonyl (C=O) groups excluding carboxylic acids is 1. The predicted molar refractivity (Wildman–Crippen MR) is 60.9 cm³/mol. The molecule has 94 valence electrons. The Balaban J connectivity index is 2.30. The highest BCUT2D eigenvalue weighted by atomic mass is 19.1. The number of nitriles is 1. The normalized spacial score (nSPS) is 15.8. The second kappa shape index (κ2) is 5.00. The molecular formula is C12H11F2N3O.